The molecule has 1 N–H and O–H groups in total. The molecule has 1 nitrogen and oxygen atoms in total. The van der Waals surface area contributed by atoms with Crippen LogP contribution in [0.1, 0.15) is 55.3 Å². The van der Waals surface area contributed by atoms with Crippen molar-refractivity contribution in [3.05, 3.63) is 21.9 Å². The van der Waals surface area contributed by atoms with Crippen molar-refractivity contribution in [2.24, 2.45) is 17.8 Å². The van der Waals surface area contributed by atoms with Gasteiger partial charge in [-0.2, -0.15) is 0 Å². The number of hydrogen-bond acceptors (Lipinski definition) is 2. The second kappa shape index (κ2) is 5.34. The third kappa shape index (κ3) is 2.25. The Morgan fingerprint density at radius 3 is 2.67 bits per heavy atom. The number of rotatable bonds is 6. The van der Waals surface area contributed by atoms with Crippen LogP contribution >= 0.6 is 11.3 Å². The van der Waals surface area contributed by atoms with Crippen molar-refractivity contribution in [3.8, 4) is 0 Å². The maximum Gasteiger partial charge on any atom is 0.0449 e. The Morgan fingerprint density at radius 1 is 1.28 bits per heavy atom. The van der Waals surface area contributed by atoms with Gasteiger partial charge in [0.25, 0.3) is 0 Å². The highest BCUT2D eigenvalue weighted by Gasteiger charge is 2.56. The van der Waals surface area contributed by atoms with Crippen LogP contribution in [0.4, 0.5) is 0 Å². The third-order valence-corrected chi connectivity index (χ3v) is 6.12. The van der Waals surface area contributed by atoms with Crippen LogP contribution in [0.5, 0.6) is 0 Å². The first-order chi connectivity index (χ1) is 8.85. The van der Waals surface area contributed by atoms with Crippen molar-refractivity contribution in [2.75, 3.05) is 6.54 Å². The number of hydrogen-bond donors (Lipinski definition) is 1. The average molecular weight is 263 g/mol. The van der Waals surface area contributed by atoms with Gasteiger partial charge < -0.3 is 5.32 Å². The summed E-state index contributed by atoms with van der Waals surface area (Å²) in [4.78, 5) is 3.14. The molecule has 3 rings (SSSR count). The molecule has 18 heavy (non-hydrogen) atoms. The summed E-state index contributed by atoms with van der Waals surface area (Å²) in [6.45, 7) is 5.69. The molecule has 0 bridgehead atoms. The minimum atomic E-state index is 0.658. The summed E-state index contributed by atoms with van der Waals surface area (Å²) in [7, 11) is 0. The number of fused-ring (bicyclic) bond motifs is 1. The molecule has 1 aromatic rings. The Morgan fingerprint density at radius 2 is 2.06 bits per heavy atom. The van der Waals surface area contributed by atoms with E-state index >= 15 is 0 Å². The second-order valence-corrected chi connectivity index (χ2v) is 7.13. The minimum absolute atomic E-state index is 0.658. The highest BCUT2D eigenvalue weighted by Crippen LogP contribution is 2.62. The zero-order valence-electron chi connectivity index (χ0n) is 11.6. The Balaban J connectivity index is 1.73. The van der Waals surface area contributed by atoms with Crippen molar-refractivity contribution in [1.29, 1.82) is 0 Å². The molecule has 0 aromatic carbocycles. The predicted molar refractivity (Wildman–Crippen MR) is 79.1 cm³/mol. The molecule has 1 heterocycles. The summed E-state index contributed by atoms with van der Waals surface area (Å²) in [5.41, 5.74) is 0. The summed E-state index contributed by atoms with van der Waals surface area (Å²) >= 11 is 2.04. The molecule has 0 saturated heterocycles. The van der Waals surface area contributed by atoms with Gasteiger partial charge in [0.05, 0.1) is 0 Å². The molecule has 3 unspecified atom stereocenters. The van der Waals surface area contributed by atoms with Crippen molar-refractivity contribution in [3.63, 3.8) is 0 Å². The van der Waals surface area contributed by atoms with Crippen LogP contribution in [0, 0.1) is 17.8 Å². The van der Waals surface area contributed by atoms with Crippen molar-refractivity contribution < 1.29 is 0 Å². The van der Waals surface area contributed by atoms with Crippen molar-refractivity contribution >= 4 is 11.3 Å². The zero-order valence-corrected chi connectivity index (χ0v) is 12.4. The van der Waals surface area contributed by atoms with E-state index in [-0.39, 0.29) is 0 Å². The van der Waals surface area contributed by atoms with E-state index in [0.29, 0.717) is 6.04 Å². The van der Waals surface area contributed by atoms with E-state index in [0.717, 1.165) is 17.8 Å². The van der Waals surface area contributed by atoms with Gasteiger partial charge >= 0.3 is 0 Å². The van der Waals surface area contributed by atoms with E-state index in [1.54, 1.807) is 9.75 Å². The molecule has 2 heteroatoms. The number of thiophene rings is 1. The fourth-order valence-electron chi connectivity index (χ4n) is 3.85. The minimum Gasteiger partial charge on any atom is -0.309 e. The van der Waals surface area contributed by atoms with Gasteiger partial charge in [0, 0.05) is 15.8 Å². The van der Waals surface area contributed by atoms with Gasteiger partial charge in [-0.25, -0.2) is 0 Å². The van der Waals surface area contributed by atoms with E-state index in [1.165, 1.54) is 38.6 Å². The normalized spacial score (nSPS) is 31.3. The lowest BCUT2D eigenvalue weighted by molar-refractivity contribution is 0.423. The second-order valence-electron chi connectivity index (χ2n) is 5.93. The SMILES string of the molecule is CCCNC(c1ccc(CC)s1)C1C2CCCC21. The molecule has 2 aliphatic carbocycles. The summed E-state index contributed by atoms with van der Waals surface area (Å²) in [6, 6.07) is 5.37. The lowest BCUT2D eigenvalue weighted by atomic mass is 10.0. The van der Waals surface area contributed by atoms with Gasteiger partial charge in [-0.05, 0) is 62.1 Å². The van der Waals surface area contributed by atoms with Crippen LogP contribution < -0.4 is 5.32 Å². The van der Waals surface area contributed by atoms with E-state index in [2.05, 4.69) is 31.3 Å². The van der Waals surface area contributed by atoms with Gasteiger partial charge in [-0.15, -0.1) is 11.3 Å². The average Bonchev–Trinajstić information content (AvgIpc) is 2.81. The molecule has 0 aliphatic heterocycles. The number of nitrogens with one attached hydrogen (secondary N) is 1. The first kappa shape index (κ1) is 12.7. The standard InChI is InChI=1S/C16H25NS/c1-3-10-17-16(14-9-8-11(4-2)18-14)15-12-6-5-7-13(12)15/h8-9,12-13,15-17H,3-7,10H2,1-2H3. The Labute approximate surface area is 115 Å². The fourth-order valence-corrected chi connectivity index (χ4v) is 4.94. The van der Waals surface area contributed by atoms with Crippen LogP contribution in [0.25, 0.3) is 0 Å². The summed E-state index contributed by atoms with van der Waals surface area (Å²) in [5.74, 6) is 3.05. The molecular weight excluding hydrogens is 238 g/mol. The maximum atomic E-state index is 3.82. The predicted octanol–water partition coefficient (Wildman–Crippen LogP) is 4.40. The monoisotopic (exact) mass is 263 g/mol. The molecule has 0 amide bonds. The van der Waals surface area contributed by atoms with Gasteiger partial charge in [0.15, 0.2) is 0 Å². The van der Waals surface area contributed by atoms with Crippen molar-refractivity contribution in [2.45, 2.75) is 52.0 Å². The molecule has 100 valence electrons. The first-order valence-corrected chi connectivity index (χ1v) is 8.48. The maximum absolute atomic E-state index is 3.82. The van der Waals surface area contributed by atoms with E-state index in [4.69, 9.17) is 0 Å². The Kier molecular flexibility index (Phi) is 3.76. The van der Waals surface area contributed by atoms with Gasteiger partial charge in [0.1, 0.15) is 0 Å². The largest absolute Gasteiger partial charge is 0.309 e. The Hall–Kier alpha value is -0.340. The van der Waals surface area contributed by atoms with Crippen LogP contribution in [-0.4, -0.2) is 6.54 Å². The molecule has 0 radical (unpaired) electrons. The molecular formula is C16H25NS. The molecule has 2 aliphatic rings. The van der Waals surface area contributed by atoms with Crippen LogP contribution in [0.3, 0.4) is 0 Å². The highest BCUT2D eigenvalue weighted by molar-refractivity contribution is 7.12. The quantitative estimate of drug-likeness (QED) is 0.802. The molecule has 2 fully saturated rings. The van der Waals surface area contributed by atoms with E-state index in [1.807, 2.05) is 11.3 Å². The smallest absolute Gasteiger partial charge is 0.0449 e. The van der Waals surface area contributed by atoms with E-state index < -0.39 is 0 Å². The van der Waals surface area contributed by atoms with Gasteiger partial charge in [-0.3, -0.25) is 0 Å². The molecule has 0 spiro atoms. The fraction of sp³-hybridized carbons (Fsp3) is 0.750. The van der Waals surface area contributed by atoms with Gasteiger partial charge in [-0.1, -0.05) is 20.3 Å². The summed E-state index contributed by atoms with van der Waals surface area (Å²) in [6.07, 6.45) is 6.89. The topological polar surface area (TPSA) is 12.0 Å². The molecule has 2 saturated carbocycles. The van der Waals surface area contributed by atoms with Crippen LogP contribution in [-0.2, 0) is 6.42 Å². The molecule has 3 atom stereocenters. The third-order valence-electron chi connectivity index (χ3n) is 4.81. The summed E-state index contributed by atoms with van der Waals surface area (Å²) in [5, 5.41) is 3.82. The van der Waals surface area contributed by atoms with E-state index in [9.17, 15) is 0 Å². The Bertz CT molecular complexity index is 388. The lowest BCUT2D eigenvalue weighted by Gasteiger charge is -2.19. The number of aryl methyl sites for hydroxylation is 1. The molecule has 1 aromatic heterocycles. The first-order valence-electron chi connectivity index (χ1n) is 7.67. The van der Waals surface area contributed by atoms with Crippen LogP contribution in [0.2, 0.25) is 0 Å². The lowest BCUT2D eigenvalue weighted by Crippen LogP contribution is -2.24. The zero-order chi connectivity index (χ0) is 12.5. The summed E-state index contributed by atoms with van der Waals surface area (Å²) < 4.78 is 0. The van der Waals surface area contributed by atoms with Gasteiger partial charge in [0.2, 0.25) is 0 Å². The van der Waals surface area contributed by atoms with Crippen molar-refractivity contribution in [1.82, 2.24) is 5.32 Å². The van der Waals surface area contributed by atoms with Crippen LogP contribution in [0.15, 0.2) is 12.1 Å². The highest BCUT2D eigenvalue weighted by atomic mass is 32.1.